The van der Waals surface area contributed by atoms with Crippen molar-refractivity contribution < 1.29 is 38.7 Å². The van der Waals surface area contributed by atoms with E-state index in [1.807, 2.05) is 0 Å². The highest BCUT2D eigenvalue weighted by molar-refractivity contribution is 6.36. The number of hydrogen-bond acceptors (Lipinski definition) is 6. The normalized spacial score (nSPS) is 10.4. The van der Waals surface area contributed by atoms with Gasteiger partial charge in [0.25, 0.3) is 0 Å². The number of carboxylic acids is 2. The minimum absolute atomic E-state index is 0.00623. The summed E-state index contributed by atoms with van der Waals surface area (Å²) in [5.74, 6) is -1.67. The topological polar surface area (TPSA) is 112 Å². The summed E-state index contributed by atoms with van der Waals surface area (Å²) in [6, 6.07) is 15.2. The van der Waals surface area contributed by atoms with Gasteiger partial charge < -0.3 is 29.2 Å². The summed E-state index contributed by atoms with van der Waals surface area (Å²) >= 11 is 6.31. The van der Waals surface area contributed by atoms with Crippen LogP contribution in [0.4, 0.5) is 0 Å². The molecule has 0 atom stereocenters. The molecular weight excluding hydrogens is 452 g/mol. The summed E-state index contributed by atoms with van der Waals surface area (Å²) in [7, 11) is 3.10. The van der Waals surface area contributed by atoms with Gasteiger partial charge in [-0.3, -0.25) is 0 Å². The Balaban J connectivity index is 1.94. The van der Waals surface area contributed by atoms with Gasteiger partial charge in [-0.15, -0.1) is 0 Å². The van der Waals surface area contributed by atoms with Crippen LogP contribution in [0, 0.1) is 0 Å². The Morgan fingerprint density at radius 1 is 0.788 bits per heavy atom. The predicted octanol–water partition coefficient (Wildman–Crippen LogP) is 4.91. The number of hydrogen-bond donors (Lipinski definition) is 2. The molecular formula is C24H21ClO8. The van der Waals surface area contributed by atoms with E-state index in [0.29, 0.717) is 11.5 Å². The van der Waals surface area contributed by atoms with E-state index >= 15 is 0 Å². The smallest absolute Gasteiger partial charge is 0.338 e. The van der Waals surface area contributed by atoms with Crippen molar-refractivity contribution >= 4 is 23.5 Å². The molecule has 9 heteroatoms. The highest BCUT2D eigenvalue weighted by Gasteiger charge is 2.27. The first kappa shape index (κ1) is 23.7. The van der Waals surface area contributed by atoms with Crippen LogP contribution in [0.5, 0.6) is 23.0 Å². The van der Waals surface area contributed by atoms with Crippen molar-refractivity contribution in [3.8, 4) is 23.0 Å². The minimum atomic E-state index is -1.49. The number of ether oxygens (including phenoxy) is 4. The Bertz CT molecular complexity index is 1140. The monoisotopic (exact) mass is 472 g/mol. The lowest BCUT2D eigenvalue weighted by Gasteiger charge is -2.17. The van der Waals surface area contributed by atoms with Gasteiger partial charge in [0, 0.05) is 0 Å². The van der Waals surface area contributed by atoms with E-state index in [9.17, 15) is 19.8 Å². The molecule has 0 saturated carbocycles. The number of carbonyl (C=O) groups is 2. The van der Waals surface area contributed by atoms with Crippen LogP contribution < -0.4 is 18.9 Å². The molecule has 0 spiro atoms. The summed E-state index contributed by atoms with van der Waals surface area (Å²) in [6.45, 7) is 0.0960. The van der Waals surface area contributed by atoms with Crippen LogP contribution in [0.3, 0.4) is 0 Å². The van der Waals surface area contributed by atoms with Crippen LogP contribution >= 0.6 is 11.6 Å². The van der Waals surface area contributed by atoms with Crippen molar-refractivity contribution in [2.45, 2.75) is 13.2 Å². The number of benzene rings is 3. The summed E-state index contributed by atoms with van der Waals surface area (Å²) in [5, 5.41) is 18.7. The fourth-order valence-electron chi connectivity index (χ4n) is 2.99. The maximum absolute atomic E-state index is 11.7. The van der Waals surface area contributed by atoms with Crippen LogP contribution in [0.25, 0.3) is 0 Å². The first-order valence-corrected chi connectivity index (χ1v) is 10.1. The van der Waals surface area contributed by atoms with E-state index in [-0.39, 0.29) is 29.7 Å². The lowest BCUT2D eigenvalue weighted by Crippen LogP contribution is -2.12. The van der Waals surface area contributed by atoms with E-state index in [1.165, 1.54) is 0 Å². The molecule has 0 fully saturated rings. The summed E-state index contributed by atoms with van der Waals surface area (Å²) in [5.41, 5.74) is 0.444. The van der Waals surface area contributed by atoms with Gasteiger partial charge >= 0.3 is 11.9 Å². The molecule has 0 amide bonds. The van der Waals surface area contributed by atoms with Crippen LogP contribution in [0.15, 0.2) is 54.6 Å². The number of aromatic carboxylic acids is 2. The third-order valence-electron chi connectivity index (χ3n) is 4.73. The number of methoxy groups -OCH3 is 2. The Hall–Kier alpha value is -3.91. The molecule has 3 aromatic carbocycles. The predicted molar refractivity (Wildman–Crippen MR) is 120 cm³/mol. The average molecular weight is 473 g/mol. The Kier molecular flexibility index (Phi) is 7.63. The second-order valence-electron chi connectivity index (χ2n) is 6.82. The number of rotatable bonds is 10. The van der Waals surface area contributed by atoms with E-state index < -0.39 is 23.1 Å². The van der Waals surface area contributed by atoms with Gasteiger partial charge in [-0.1, -0.05) is 35.9 Å². The molecule has 0 aliphatic heterocycles. The third-order valence-corrected chi connectivity index (χ3v) is 5.09. The van der Waals surface area contributed by atoms with Gasteiger partial charge in [0.05, 0.1) is 25.3 Å². The molecule has 0 bridgehead atoms. The van der Waals surface area contributed by atoms with Gasteiger partial charge in [-0.25, -0.2) is 9.59 Å². The van der Waals surface area contributed by atoms with Crippen LogP contribution in [0.2, 0.25) is 5.02 Å². The van der Waals surface area contributed by atoms with Crippen molar-refractivity contribution in [2.24, 2.45) is 0 Å². The van der Waals surface area contributed by atoms with Crippen molar-refractivity contribution in [3.05, 3.63) is 81.9 Å². The van der Waals surface area contributed by atoms with Crippen molar-refractivity contribution in [2.75, 3.05) is 14.2 Å². The van der Waals surface area contributed by atoms with Crippen LogP contribution in [0.1, 0.15) is 31.8 Å². The first-order chi connectivity index (χ1) is 15.8. The number of halogens is 1. The molecule has 0 aliphatic carbocycles. The van der Waals surface area contributed by atoms with E-state index in [0.717, 1.165) is 17.2 Å². The second-order valence-corrected chi connectivity index (χ2v) is 7.20. The summed E-state index contributed by atoms with van der Waals surface area (Å²) in [6.07, 6.45) is 0. The largest absolute Gasteiger partial charge is 0.497 e. The molecule has 8 nitrogen and oxygen atoms in total. The maximum Gasteiger partial charge on any atom is 0.338 e. The zero-order valence-electron chi connectivity index (χ0n) is 17.8. The highest BCUT2D eigenvalue weighted by atomic mass is 35.5. The van der Waals surface area contributed by atoms with Gasteiger partial charge in [0.15, 0.2) is 11.5 Å². The van der Waals surface area contributed by atoms with Crippen molar-refractivity contribution in [1.29, 1.82) is 0 Å². The maximum atomic E-state index is 11.7. The molecule has 3 aromatic rings. The van der Waals surface area contributed by atoms with Crippen LogP contribution in [-0.2, 0) is 13.2 Å². The molecule has 33 heavy (non-hydrogen) atoms. The number of carboxylic acid groups (broad SMARTS) is 2. The zero-order valence-corrected chi connectivity index (χ0v) is 18.6. The van der Waals surface area contributed by atoms with Gasteiger partial charge in [-0.05, 0) is 41.5 Å². The van der Waals surface area contributed by atoms with Gasteiger partial charge in [0.1, 0.15) is 29.7 Å². The third kappa shape index (κ3) is 5.67. The van der Waals surface area contributed by atoms with Crippen molar-refractivity contribution in [3.63, 3.8) is 0 Å². The second kappa shape index (κ2) is 10.6. The molecule has 172 valence electrons. The molecule has 0 unspecified atom stereocenters. The standard InChI is InChI=1S/C24H21ClO8/c1-30-16-7-3-14(4-8-16)12-32-19-11-18(23(26)27)20(24(28)29)21(25)22(19)33-13-15-5-9-17(31-2)10-6-15/h3-11H,12-13H2,1-2H3,(H,26,27)(H,28,29). The Morgan fingerprint density at radius 2 is 1.27 bits per heavy atom. The van der Waals surface area contributed by atoms with Crippen molar-refractivity contribution in [1.82, 2.24) is 0 Å². The van der Waals surface area contributed by atoms with E-state index in [1.54, 1.807) is 62.8 Å². The quantitative estimate of drug-likeness (QED) is 0.428. The Labute approximate surface area is 194 Å². The first-order valence-electron chi connectivity index (χ1n) is 9.68. The fourth-order valence-corrected chi connectivity index (χ4v) is 3.32. The molecule has 0 saturated heterocycles. The minimum Gasteiger partial charge on any atom is -0.497 e. The molecule has 0 radical (unpaired) electrons. The summed E-state index contributed by atoms with van der Waals surface area (Å²) < 4.78 is 21.9. The molecule has 0 aromatic heterocycles. The van der Waals surface area contributed by atoms with E-state index in [2.05, 4.69) is 0 Å². The summed E-state index contributed by atoms with van der Waals surface area (Å²) in [4.78, 5) is 23.4. The van der Waals surface area contributed by atoms with Crippen LogP contribution in [-0.4, -0.2) is 36.4 Å². The molecule has 0 aliphatic rings. The molecule has 0 heterocycles. The van der Waals surface area contributed by atoms with Gasteiger partial charge in [0.2, 0.25) is 0 Å². The SMILES string of the molecule is COc1ccc(COc2cc(C(=O)O)c(C(=O)O)c(Cl)c2OCc2ccc(OC)cc2)cc1. The molecule has 2 N–H and O–H groups in total. The Morgan fingerprint density at radius 3 is 1.70 bits per heavy atom. The molecule has 3 rings (SSSR count). The lowest BCUT2D eigenvalue weighted by molar-refractivity contribution is 0.0650. The zero-order chi connectivity index (χ0) is 24.0. The van der Waals surface area contributed by atoms with Gasteiger partial charge in [-0.2, -0.15) is 0 Å². The van der Waals surface area contributed by atoms with E-state index in [4.69, 9.17) is 30.5 Å². The lowest BCUT2D eigenvalue weighted by atomic mass is 10.1. The highest BCUT2D eigenvalue weighted by Crippen LogP contribution is 2.41. The average Bonchev–Trinajstić information content (AvgIpc) is 2.82. The fraction of sp³-hybridized carbons (Fsp3) is 0.167.